The van der Waals surface area contributed by atoms with Crippen molar-refractivity contribution >= 4 is 17.6 Å². The maximum Gasteiger partial charge on any atom is 0.338 e. The normalized spacial score (nSPS) is 16.9. The monoisotopic (exact) mass is 419 g/mol. The van der Waals surface area contributed by atoms with Gasteiger partial charge in [0, 0.05) is 23.7 Å². The van der Waals surface area contributed by atoms with Crippen LogP contribution >= 0.6 is 0 Å². The minimum absolute atomic E-state index is 0.0779. The molecule has 0 fully saturated rings. The van der Waals surface area contributed by atoms with E-state index in [1.165, 1.54) is 0 Å². The Morgan fingerprint density at radius 2 is 1.81 bits per heavy atom. The molecule has 1 atom stereocenters. The summed E-state index contributed by atoms with van der Waals surface area (Å²) in [6, 6.07) is 14.5. The Balaban J connectivity index is 1.45. The smallest absolute Gasteiger partial charge is 0.338 e. The van der Waals surface area contributed by atoms with Gasteiger partial charge in [-0.15, -0.1) is 0 Å². The number of rotatable bonds is 4. The third kappa shape index (κ3) is 3.63. The summed E-state index contributed by atoms with van der Waals surface area (Å²) < 4.78 is 22.5. The third-order valence-corrected chi connectivity index (χ3v) is 5.40. The molecule has 1 amide bonds. The fourth-order valence-corrected chi connectivity index (χ4v) is 3.93. The Kier molecular flexibility index (Phi) is 4.86. The molecule has 2 aliphatic heterocycles. The van der Waals surface area contributed by atoms with Crippen molar-refractivity contribution in [1.29, 1.82) is 0 Å². The zero-order valence-electron chi connectivity index (χ0n) is 17.0. The fraction of sp³-hybridized carbons (Fsp3) is 0.250. The first kappa shape index (κ1) is 19.2. The summed E-state index contributed by atoms with van der Waals surface area (Å²) >= 11 is 0. The van der Waals surface area contributed by atoms with Gasteiger partial charge < -0.3 is 23.9 Å². The van der Waals surface area contributed by atoms with Crippen LogP contribution < -0.4 is 14.8 Å². The van der Waals surface area contributed by atoms with Crippen LogP contribution in [0.2, 0.25) is 0 Å². The number of hydrogen-bond donors (Lipinski definition) is 1. The molecule has 0 radical (unpaired) electrons. The number of nitrogens with one attached hydrogen (secondary N) is 1. The number of esters is 1. The molecular formula is C24H21NO6. The van der Waals surface area contributed by atoms with Crippen LogP contribution in [0.15, 0.2) is 52.9 Å². The van der Waals surface area contributed by atoms with Crippen molar-refractivity contribution in [2.24, 2.45) is 0 Å². The number of amides is 1. The fourth-order valence-electron chi connectivity index (χ4n) is 3.93. The summed E-state index contributed by atoms with van der Waals surface area (Å²) in [6.45, 7) is 3.09. The molecule has 0 aliphatic carbocycles. The lowest BCUT2D eigenvalue weighted by Gasteiger charge is -2.27. The number of ether oxygens (including phenoxy) is 3. The van der Waals surface area contributed by atoms with Crippen LogP contribution in [0.1, 0.15) is 40.9 Å². The Labute approximate surface area is 178 Å². The Hall–Kier alpha value is -3.74. The first-order chi connectivity index (χ1) is 15.1. The van der Waals surface area contributed by atoms with Crippen molar-refractivity contribution in [1.82, 2.24) is 0 Å². The summed E-state index contributed by atoms with van der Waals surface area (Å²) in [5, 5.41) is 2.92. The first-order valence-electron chi connectivity index (χ1n) is 10.2. The molecule has 7 heteroatoms. The van der Waals surface area contributed by atoms with E-state index in [1.807, 2.05) is 36.4 Å². The predicted octanol–water partition coefficient (Wildman–Crippen LogP) is 4.37. The van der Waals surface area contributed by atoms with E-state index in [2.05, 4.69) is 5.32 Å². The standard InChI is InChI=1S/C24H21NO6/c1-2-28-24(27)15-5-3-14(4-6-15)19-7-8-20(31-19)17-12-23(26)25-18-13-22-21(11-16(17)18)29-9-10-30-22/h3-8,11,13,17H,2,9-10,12H2,1H3,(H,25,26). The summed E-state index contributed by atoms with van der Waals surface area (Å²) in [5.41, 5.74) is 2.97. The quantitative estimate of drug-likeness (QED) is 0.632. The molecule has 3 aromatic rings. The van der Waals surface area contributed by atoms with Crippen LogP contribution in [0.4, 0.5) is 5.69 Å². The van der Waals surface area contributed by atoms with Crippen molar-refractivity contribution in [3.8, 4) is 22.8 Å². The number of carbonyl (C=O) groups excluding carboxylic acids is 2. The van der Waals surface area contributed by atoms with E-state index in [0.717, 1.165) is 11.1 Å². The van der Waals surface area contributed by atoms with Crippen molar-refractivity contribution in [3.05, 3.63) is 65.4 Å². The molecule has 0 spiro atoms. The lowest BCUT2D eigenvalue weighted by molar-refractivity contribution is -0.116. The van der Waals surface area contributed by atoms with Crippen LogP contribution in [0.3, 0.4) is 0 Å². The van der Waals surface area contributed by atoms with Crippen molar-refractivity contribution < 1.29 is 28.2 Å². The molecule has 7 nitrogen and oxygen atoms in total. The highest BCUT2D eigenvalue weighted by atomic mass is 16.6. The van der Waals surface area contributed by atoms with Gasteiger partial charge in [0.1, 0.15) is 24.7 Å². The maximum absolute atomic E-state index is 12.3. The van der Waals surface area contributed by atoms with Gasteiger partial charge >= 0.3 is 5.97 Å². The zero-order chi connectivity index (χ0) is 21.4. The van der Waals surface area contributed by atoms with Crippen LogP contribution in [-0.2, 0) is 9.53 Å². The molecule has 0 saturated heterocycles. The van der Waals surface area contributed by atoms with E-state index < -0.39 is 0 Å². The molecule has 3 heterocycles. The molecule has 0 saturated carbocycles. The lowest BCUT2D eigenvalue weighted by atomic mass is 9.88. The van der Waals surface area contributed by atoms with Gasteiger partial charge in [-0.3, -0.25) is 4.79 Å². The van der Waals surface area contributed by atoms with Gasteiger partial charge in [-0.1, -0.05) is 12.1 Å². The second-order valence-electron chi connectivity index (χ2n) is 7.39. The Morgan fingerprint density at radius 3 is 2.55 bits per heavy atom. The topological polar surface area (TPSA) is 87.0 Å². The molecule has 2 aromatic carbocycles. The summed E-state index contributed by atoms with van der Waals surface area (Å²) in [5.74, 6) is 2.00. The average molecular weight is 419 g/mol. The largest absolute Gasteiger partial charge is 0.486 e. The van der Waals surface area contributed by atoms with E-state index in [1.54, 1.807) is 19.1 Å². The second kappa shape index (κ2) is 7.83. The van der Waals surface area contributed by atoms with E-state index >= 15 is 0 Å². The minimum atomic E-state index is -0.353. The number of furan rings is 1. The number of carbonyl (C=O) groups is 2. The Bertz CT molecular complexity index is 1150. The van der Waals surface area contributed by atoms with Gasteiger partial charge in [0.25, 0.3) is 0 Å². The van der Waals surface area contributed by atoms with E-state index in [4.69, 9.17) is 18.6 Å². The summed E-state index contributed by atoms with van der Waals surface area (Å²) in [7, 11) is 0. The highest BCUT2D eigenvalue weighted by Gasteiger charge is 2.31. The van der Waals surface area contributed by atoms with Crippen molar-refractivity contribution in [2.45, 2.75) is 19.3 Å². The molecule has 5 rings (SSSR count). The van der Waals surface area contributed by atoms with Gasteiger partial charge in [-0.2, -0.15) is 0 Å². The third-order valence-electron chi connectivity index (χ3n) is 5.40. The highest BCUT2D eigenvalue weighted by molar-refractivity contribution is 5.96. The number of fused-ring (bicyclic) bond motifs is 2. The van der Waals surface area contributed by atoms with Crippen LogP contribution in [0.5, 0.6) is 11.5 Å². The number of benzene rings is 2. The minimum Gasteiger partial charge on any atom is -0.486 e. The SMILES string of the molecule is CCOC(=O)c1ccc(-c2ccc(C3CC(=O)Nc4cc5c(cc43)OCCO5)o2)cc1. The molecule has 1 N–H and O–H groups in total. The molecule has 1 aromatic heterocycles. The number of anilines is 1. The van der Waals surface area contributed by atoms with E-state index in [0.29, 0.717) is 54.1 Å². The van der Waals surface area contributed by atoms with E-state index in [9.17, 15) is 9.59 Å². The van der Waals surface area contributed by atoms with Crippen LogP contribution in [0.25, 0.3) is 11.3 Å². The van der Waals surface area contributed by atoms with Crippen molar-refractivity contribution in [3.63, 3.8) is 0 Å². The first-order valence-corrected chi connectivity index (χ1v) is 10.2. The summed E-state index contributed by atoms with van der Waals surface area (Å²) in [6.07, 6.45) is 0.279. The van der Waals surface area contributed by atoms with Crippen molar-refractivity contribution in [2.75, 3.05) is 25.1 Å². The molecule has 0 bridgehead atoms. The molecular weight excluding hydrogens is 398 g/mol. The zero-order valence-corrected chi connectivity index (χ0v) is 17.0. The highest BCUT2D eigenvalue weighted by Crippen LogP contribution is 2.44. The maximum atomic E-state index is 12.3. The second-order valence-corrected chi connectivity index (χ2v) is 7.39. The van der Waals surface area contributed by atoms with Gasteiger partial charge in [0.15, 0.2) is 11.5 Å². The predicted molar refractivity (Wildman–Crippen MR) is 113 cm³/mol. The summed E-state index contributed by atoms with van der Waals surface area (Å²) in [4.78, 5) is 24.2. The van der Waals surface area contributed by atoms with Crippen LogP contribution in [-0.4, -0.2) is 31.7 Å². The van der Waals surface area contributed by atoms with Gasteiger partial charge in [-0.25, -0.2) is 4.79 Å². The van der Waals surface area contributed by atoms with Crippen LogP contribution in [0, 0.1) is 0 Å². The average Bonchev–Trinajstić information content (AvgIpc) is 3.27. The van der Waals surface area contributed by atoms with Gasteiger partial charge in [0.05, 0.1) is 18.1 Å². The lowest BCUT2D eigenvalue weighted by Crippen LogP contribution is -2.24. The Morgan fingerprint density at radius 1 is 1.06 bits per heavy atom. The molecule has 2 aliphatic rings. The van der Waals surface area contributed by atoms with Gasteiger partial charge in [0.2, 0.25) is 5.91 Å². The van der Waals surface area contributed by atoms with Gasteiger partial charge in [-0.05, 0) is 42.8 Å². The molecule has 1 unspecified atom stereocenters. The van der Waals surface area contributed by atoms with E-state index in [-0.39, 0.29) is 24.2 Å². The molecule has 158 valence electrons. The molecule has 31 heavy (non-hydrogen) atoms. The number of hydrogen-bond acceptors (Lipinski definition) is 6.